The topological polar surface area (TPSA) is 100 Å². The Morgan fingerprint density at radius 2 is 1.69 bits per heavy atom. The van der Waals surface area contributed by atoms with Crippen LogP contribution in [0.25, 0.3) is 0 Å². The molecule has 2 N–H and O–H groups in total. The average Bonchev–Trinajstić information content (AvgIpc) is 2.83. The van der Waals surface area contributed by atoms with E-state index >= 15 is 0 Å². The highest BCUT2D eigenvalue weighted by atomic mass is 16.6. The molecule has 0 spiro atoms. The number of nitrogens with one attached hydrogen (secondary N) is 2. The number of amides is 3. The molecule has 1 unspecified atom stereocenters. The Labute approximate surface area is 187 Å². The number of aliphatic imine (C=N–C) groups is 1. The van der Waals surface area contributed by atoms with Gasteiger partial charge in [0, 0.05) is 7.05 Å². The number of alkyl carbamates (subject to hydrolysis) is 1. The molecular weight excluding hydrogens is 408 g/mol. The molecule has 2 atom stereocenters. The number of benzene rings is 2. The normalized spacial score (nSPS) is 16.9. The zero-order valence-corrected chi connectivity index (χ0v) is 18.9. The number of anilines is 1. The van der Waals surface area contributed by atoms with Gasteiger partial charge in [0.1, 0.15) is 11.6 Å². The Morgan fingerprint density at radius 3 is 2.34 bits per heavy atom. The first kappa shape index (κ1) is 23.0. The number of hydrogen-bond donors (Lipinski definition) is 2. The molecule has 168 valence electrons. The van der Waals surface area contributed by atoms with Crippen molar-refractivity contribution in [1.29, 1.82) is 0 Å². The molecule has 0 radical (unpaired) electrons. The molecule has 0 bridgehead atoms. The third-order valence-electron chi connectivity index (χ3n) is 4.82. The molecule has 0 fully saturated rings. The fraction of sp³-hybridized carbons (Fsp3) is 0.333. The predicted molar refractivity (Wildman–Crippen MR) is 123 cm³/mol. The van der Waals surface area contributed by atoms with Gasteiger partial charge in [-0.05, 0) is 45.4 Å². The minimum absolute atomic E-state index is 0.338. The number of likely N-dealkylation sites (N-methyl/N-ethyl adjacent to an activating group) is 1. The number of hydrogen-bond acceptors (Lipinski definition) is 5. The van der Waals surface area contributed by atoms with Crippen LogP contribution in [0, 0.1) is 0 Å². The lowest BCUT2D eigenvalue weighted by Crippen LogP contribution is -2.56. The molecule has 2 aromatic carbocycles. The Bertz CT molecular complexity index is 1040. The largest absolute Gasteiger partial charge is 0.444 e. The van der Waals surface area contributed by atoms with Gasteiger partial charge in [-0.3, -0.25) is 9.59 Å². The minimum atomic E-state index is -1.04. The summed E-state index contributed by atoms with van der Waals surface area (Å²) in [5.41, 5.74) is 1.70. The first-order chi connectivity index (χ1) is 15.1. The number of nitrogens with zero attached hydrogens (tertiary/aromatic N) is 2. The number of rotatable bonds is 4. The van der Waals surface area contributed by atoms with Gasteiger partial charge in [0.05, 0.1) is 17.1 Å². The summed E-state index contributed by atoms with van der Waals surface area (Å²) in [6.07, 6.45) is -0.714. The summed E-state index contributed by atoms with van der Waals surface area (Å²) >= 11 is 0. The Balaban J connectivity index is 1.90. The van der Waals surface area contributed by atoms with E-state index in [1.54, 1.807) is 33.9 Å². The van der Waals surface area contributed by atoms with E-state index in [9.17, 15) is 14.4 Å². The summed E-state index contributed by atoms with van der Waals surface area (Å²) in [4.78, 5) is 44.6. The van der Waals surface area contributed by atoms with Crippen LogP contribution in [-0.4, -0.2) is 48.4 Å². The van der Waals surface area contributed by atoms with Crippen molar-refractivity contribution in [2.75, 3.05) is 11.9 Å². The van der Waals surface area contributed by atoms with Crippen molar-refractivity contribution in [2.24, 2.45) is 4.99 Å². The van der Waals surface area contributed by atoms with Gasteiger partial charge in [0.25, 0.3) is 5.91 Å². The van der Waals surface area contributed by atoms with Crippen molar-refractivity contribution < 1.29 is 19.1 Å². The van der Waals surface area contributed by atoms with E-state index in [2.05, 4.69) is 10.6 Å². The van der Waals surface area contributed by atoms with E-state index in [0.717, 1.165) is 0 Å². The second-order valence-corrected chi connectivity index (χ2v) is 8.56. The van der Waals surface area contributed by atoms with Gasteiger partial charge in [-0.2, -0.15) is 0 Å². The van der Waals surface area contributed by atoms with Crippen LogP contribution in [0.15, 0.2) is 59.6 Å². The molecular formula is C24H28N4O4. The Hall–Kier alpha value is -3.68. The SMILES string of the molecule is C[C@H](NC(=O)OC(C)(C)C)C(=O)NC1C(=O)N(C)c2ccccc2N=C1c1ccccc1. The molecule has 2 aromatic rings. The summed E-state index contributed by atoms with van der Waals surface area (Å²) in [6.45, 7) is 6.73. The summed E-state index contributed by atoms with van der Waals surface area (Å²) < 4.78 is 5.21. The van der Waals surface area contributed by atoms with E-state index in [-0.39, 0.29) is 5.91 Å². The number of carbonyl (C=O) groups excluding carboxylic acids is 3. The van der Waals surface area contributed by atoms with E-state index < -0.39 is 29.7 Å². The van der Waals surface area contributed by atoms with E-state index in [1.807, 2.05) is 48.5 Å². The molecule has 32 heavy (non-hydrogen) atoms. The number of ether oxygens (including phenoxy) is 1. The molecule has 0 aliphatic carbocycles. The predicted octanol–water partition coefficient (Wildman–Crippen LogP) is 3.18. The highest BCUT2D eigenvalue weighted by molar-refractivity contribution is 6.24. The van der Waals surface area contributed by atoms with Gasteiger partial charge in [-0.25, -0.2) is 9.79 Å². The number of fused-ring (bicyclic) bond motifs is 1. The van der Waals surface area contributed by atoms with Gasteiger partial charge in [-0.1, -0.05) is 42.5 Å². The molecule has 0 saturated heterocycles. The molecule has 0 saturated carbocycles. The molecule has 1 aliphatic heterocycles. The molecule has 1 aliphatic rings. The van der Waals surface area contributed by atoms with Crippen LogP contribution in [0.5, 0.6) is 0 Å². The van der Waals surface area contributed by atoms with Gasteiger partial charge < -0.3 is 20.3 Å². The maximum Gasteiger partial charge on any atom is 0.408 e. The summed E-state index contributed by atoms with van der Waals surface area (Å²) in [7, 11) is 1.64. The van der Waals surface area contributed by atoms with Gasteiger partial charge in [-0.15, -0.1) is 0 Å². The monoisotopic (exact) mass is 436 g/mol. The van der Waals surface area contributed by atoms with Gasteiger partial charge in [0.15, 0.2) is 6.04 Å². The summed E-state index contributed by atoms with van der Waals surface area (Å²) in [5, 5.41) is 5.26. The van der Waals surface area contributed by atoms with Crippen LogP contribution in [0.1, 0.15) is 33.3 Å². The maximum atomic E-state index is 13.4. The fourth-order valence-corrected chi connectivity index (χ4v) is 3.25. The highest BCUT2D eigenvalue weighted by Gasteiger charge is 2.35. The lowest BCUT2D eigenvalue weighted by molar-refractivity contribution is -0.127. The van der Waals surface area contributed by atoms with Crippen molar-refractivity contribution >= 4 is 35.0 Å². The highest BCUT2D eigenvalue weighted by Crippen LogP contribution is 2.32. The lowest BCUT2D eigenvalue weighted by Gasteiger charge is -2.25. The van der Waals surface area contributed by atoms with E-state index in [0.29, 0.717) is 22.6 Å². The number of para-hydroxylation sites is 2. The zero-order chi connectivity index (χ0) is 23.5. The van der Waals surface area contributed by atoms with E-state index in [4.69, 9.17) is 9.73 Å². The first-order valence-electron chi connectivity index (χ1n) is 10.4. The van der Waals surface area contributed by atoms with Crippen LogP contribution in [0.3, 0.4) is 0 Å². The van der Waals surface area contributed by atoms with Crippen molar-refractivity contribution in [3.05, 3.63) is 60.2 Å². The van der Waals surface area contributed by atoms with Crippen LogP contribution in [0.4, 0.5) is 16.2 Å². The van der Waals surface area contributed by atoms with Crippen molar-refractivity contribution in [1.82, 2.24) is 10.6 Å². The smallest absolute Gasteiger partial charge is 0.408 e. The molecule has 8 nitrogen and oxygen atoms in total. The summed E-state index contributed by atoms with van der Waals surface area (Å²) in [5.74, 6) is -0.868. The standard InChI is InChI=1S/C24H28N4O4/c1-15(25-23(31)32-24(2,3)4)21(29)27-20-19(16-11-7-6-8-12-16)26-17-13-9-10-14-18(17)28(5)22(20)30/h6-15,20H,1-5H3,(H,25,31)(H,27,29)/t15-,20?/m0/s1. The Kier molecular flexibility index (Phi) is 6.62. The Morgan fingerprint density at radius 1 is 1.06 bits per heavy atom. The first-order valence-corrected chi connectivity index (χ1v) is 10.4. The van der Waals surface area contributed by atoms with Gasteiger partial charge >= 0.3 is 6.09 Å². The maximum absolute atomic E-state index is 13.4. The van der Waals surface area contributed by atoms with Gasteiger partial charge in [0.2, 0.25) is 5.91 Å². The zero-order valence-electron chi connectivity index (χ0n) is 18.9. The third kappa shape index (κ3) is 5.32. The van der Waals surface area contributed by atoms with Crippen LogP contribution in [0.2, 0.25) is 0 Å². The van der Waals surface area contributed by atoms with Crippen molar-refractivity contribution in [3.8, 4) is 0 Å². The van der Waals surface area contributed by atoms with Crippen LogP contribution >= 0.6 is 0 Å². The quantitative estimate of drug-likeness (QED) is 0.769. The van der Waals surface area contributed by atoms with Crippen molar-refractivity contribution in [2.45, 2.75) is 45.4 Å². The molecule has 1 heterocycles. The number of carbonyl (C=O) groups is 3. The second-order valence-electron chi connectivity index (χ2n) is 8.56. The van der Waals surface area contributed by atoms with Crippen LogP contribution < -0.4 is 15.5 Å². The lowest BCUT2D eigenvalue weighted by atomic mass is 10.0. The molecule has 3 amide bonds. The average molecular weight is 437 g/mol. The van der Waals surface area contributed by atoms with Crippen LogP contribution in [-0.2, 0) is 14.3 Å². The third-order valence-corrected chi connectivity index (χ3v) is 4.82. The molecule has 3 rings (SSSR count). The molecule has 0 aromatic heterocycles. The van der Waals surface area contributed by atoms with Crippen molar-refractivity contribution in [3.63, 3.8) is 0 Å². The van der Waals surface area contributed by atoms with E-state index in [1.165, 1.54) is 11.8 Å². The second kappa shape index (κ2) is 9.21. The fourth-order valence-electron chi connectivity index (χ4n) is 3.25. The minimum Gasteiger partial charge on any atom is -0.444 e. The molecule has 8 heteroatoms. The summed E-state index contributed by atoms with van der Waals surface area (Å²) in [6, 6.07) is 14.5.